The first kappa shape index (κ1) is 26.2. The molecule has 3 aromatic carbocycles. The van der Waals surface area contributed by atoms with Gasteiger partial charge in [-0.3, -0.25) is 0 Å². The van der Waals surface area contributed by atoms with Crippen molar-refractivity contribution in [3.63, 3.8) is 0 Å². The molecule has 0 aliphatic heterocycles. The van der Waals surface area contributed by atoms with Gasteiger partial charge in [-0.15, -0.1) is 0 Å². The summed E-state index contributed by atoms with van der Waals surface area (Å²) in [5.41, 5.74) is 8.10. The predicted molar refractivity (Wildman–Crippen MR) is 155 cm³/mol. The number of ether oxygens (including phenoxy) is 1. The molecule has 0 heterocycles. The fraction of sp³-hybridized carbons (Fsp3) is 0.412. The lowest BCUT2D eigenvalue weighted by Crippen LogP contribution is -2.15. The maximum atomic E-state index is 5.77. The smallest absolute Gasteiger partial charge is 0.119 e. The minimum absolute atomic E-state index is 0.682. The Bertz CT molecular complexity index is 1090. The van der Waals surface area contributed by atoms with E-state index in [1.807, 2.05) is 7.05 Å². The van der Waals surface area contributed by atoms with Crippen LogP contribution in [0.1, 0.15) is 69.4 Å². The summed E-state index contributed by atoms with van der Waals surface area (Å²) in [7, 11) is 1.94. The molecule has 0 radical (unpaired) electrons. The molecule has 190 valence electrons. The van der Waals surface area contributed by atoms with Crippen molar-refractivity contribution in [2.75, 3.05) is 20.2 Å². The molecule has 0 aromatic heterocycles. The number of aryl methyl sites for hydroxylation is 1. The van der Waals surface area contributed by atoms with Gasteiger partial charge in [-0.25, -0.2) is 0 Å². The topological polar surface area (TPSA) is 21.3 Å². The Balaban J connectivity index is 1.41. The number of hydrogen-bond acceptors (Lipinski definition) is 2. The van der Waals surface area contributed by atoms with Gasteiger partial charge in [-0.2, -0.15) is 0 Å². The Morgan fingerprint density at radius 1 is 0.861 bits per heavy atom. The molecule has 1 fully saturated rings. The SMILES string of the molecule is C/C=C/CCC1CCC(c2ccc(-c3ccc(-c4ccc(OCCNC)cc4)cc3CC)cc2)CC1. The molecule has 0 bridgehead atoms. The van der Waals surface area contributed by atoms with Gasteiger partial charge in [0.25, 0.3) is 0 Å². The molecule has 1 saturated carbocycles. The predicted octanol–water partition coefficient (Wildman–Crippen LogP) is 8.81. The van der Waals surface area contributed by atoms with Crippen LogP contribution in [0.25, 0.3) is 22.3 Å². The normalized spacial score (nSPS) is 18.0. The number of likely N-dealkylation sites (N-methyl/N-ethyl adjacent to an activating group) is 1. The number of allylic oxidation sites excluding steroid dienone is 2. The third-order valence-electron chi connectivity index (χ3n) is 7.81. The van der Waals surface area contributed by atoms with Crippen molar-refractivity contribution in [1.29, 1.82) is 0 Å². The van der Waals surface area contributed by atoms with Crippen LogP contribution in [-0.2, 0) is 6.42 Å². The lowest BCUT2D eigenvalue weighted by molar-refractivity contribution is 0.312. The van der Waals surface area contributed by atoms with E-state index in [2.05, 4.69) is 98.0 Å². The Kier molecular flexibility index (Phi) is 9.81. The molecule has 0 saturated heterocycles. The highest BCUT2D eigenvalue weighted by atomic mass is 16.5. The zero-order chi connectivity index (χ0) is 25.2. The van der Waals surface area contributed by atoms with Gasteiger partial charge in [-0.05, 0) is 116 Å². The quantitative estimate of drug-likeness (QED) is 0.218. The molecule has 2 heteroatoms. The number of nitrogens with one attached hydrogen (secondary N) is 1. The monoisotopic (exact) mass is 481 g/mol. The van der Waals surface area contributed by atoms with E-state index >= 15 is 0 Å². The van der Waals surface area contributed by atoms with Crippen LogP contribution in [-0.4, -0.2) is 20.2 Å². The van der Waals surface area contributed by atoms with E-state index < -0.39 is 0 Å². The molecule has 4 rings (SSSR count). The summed E-state index contributed by atoms with van der Waals surface area (Å²) in [6.07, 6.45) is 13.6. The van der Waals surface area contributed by atoms with Crippen LogP contribution in [0.2, 0.25) is 0 Å². The largest absolute Gasteiger partial charge is 0.492 e. The molecule has 0 unspecified atom stereocenters. The summed E-state index contributed by atoms with van der Waals surface area (Å²) < 4.78 is 5.77. The first-order valence-corrected chi connectivity index (χ1v) is 13.9. The van der Waals surface area contributed by atoms with Crippen molar-refractivity contribution >= 4 is 0 Å². The Morgan fingerprint density at radius 3 is 2.22 bits per heavy atom. The van der Waals surface area contributed by atoms with Gasteiger partial charge in [0.1, 0.15) is 12.4 Å². The van der Waals surface area contributed by atoms with Crippen LogP contribution in [0.15, 0.2) is 78.9 Å². The lowest BCUT2D eigenvalue weighted by Gasteiger charge is -2.28. The van der Waals surface area contributed by atoms with Crippen LogP contribution in [0.5, 0.6) is 5.75 Å². The molecule has 1 aliphatic carbocycles. The fourth-order valence-corrected chi connectivity index (χ4v) is 5.58. The summed E-state index contributed by atoms with van der Waals surface area (Å²) in [4.78, 5) is 0. The molecule has 3 aromatic rings. The third-order valence-corrected chi connectivity index (χ3v) is 7.81. The first-order valence-electron chi connectivity index (χ1n) is 13.9. The summed E-state index contributed by atoms with van der Waals surface area (Å²) in [6, 6.07) is 24.8. The summed E-state index contributed by atoms with van der Waals surface area (Å²) in [5, 5.41) is 3.11. The minimum atomic E-state index is 0.682. The van der Waals surface area contributed by atoms with E-state index in [0.717, 1.165) is 30.6 Å². The van der Waals surface area contributed by atoms with Gasteiger partial charge in [0.2, 0.25) is 0 Å². The van der Waals surface area contributed by atoms with E-state index in [9.17, 15) is 0 Å². The second-order valence-corrected chi connectivity index (χ2v) is 10.2. The molecule has 1 aliphatic rings. The standard InChI is InChI=1S/C34H43NO/c1-4-6-7-8-26-9-11-28(12-10-26)29-13-15-31(16-14-29)34-22-19-32(25-27(34)5-2)30-17-20-33(21-18-30)36-24-23-35-3/h4,6,13-22,25-26,28,35H,5,7-12,23-24H2,1-3H3/b6-4+. The average Bonchev–Trinajstić information content (AvgIpc) is 2.94. The first-order chi connectivity index (χ1) is 17.7. The van der Waals surface area contributed by atoms with E-state index in [-0.39, 0.29) is 0 Å². The Hall–Kier alpha value is -2.84. The fourth-order valence-electron chi connectivity index (χ4n) is 5.58. The molecule has 0 atom stereocenters. The number of rotatable bonds is 11. The van der Waals surface area contributed by atoms with E-state index in [1.165, 1.54) is 71.9 Å². The summed E-state index contributed by atoms with van der Waals surface area (Å²) in [6.45, 7) is 5.91. The van der Waals surface area contributed by atoms with E-state index in [1.54, 1.807) is 0 Å². The average molecular weight is 482 g/mol. The second-order valence-electron chi connectivity index (χ2n) is 10.2. The molecule has 0 amide bonds. The van der Waals surface area contributed by atoms with Gasteiger partial charge in [0.05, 0.1) is 0 Å². The molecular formula is C34H43NO. The summed E-state index contributed by atoms with van der Waals surface area (Å²) >= 11 is 0. The van der Waals surface area contributed by atoms with Crippen molar-refractivity contribution in [3.8, 4) is 28.0 Å². The maximum absolute atomic E-state index is 5.77. The maximum Gasteiger partial charge on any atom is 0.119 e. The Morgan fingerprint density at radius 2 is 1.56 bits per heavy atom. The zero-order valence-corrected chi connectivity index (χ0v) is 22.4. The van der Waals surface area contributed by atoms with Crippen molar-refractivity contribution < 1.29 is 4.74 Å². The highest BCUT2D eigenvalue weighted by Crippen LogP contribution is 2.38. The minimum Gasteiger partial charge on any atom is -0.492 e. The highest BCUT2D eigenvalue weighted by molar-refractivity contribution is 5.74. The van der Waals surface area contributed by atoms with Gasteiger partial charge in [0, 0.05) is 6.54 Å². The Labute approximate surface area is 218 Å². The summed E-state index contributed by atoms with van der Waals surface area (Å²) in [5.74, 6) is 2.57. The number of benzene rings is 3. The molecule has 0 spiro atoms. The van der Waals surface area contributed by atoms with Gasteiger partial charge in [-0.1, -0.05) is 73.7 Å². The van der Waals surface area contributed by atoms with Crippen molar-refractivity contribution in [2.45, 2.75) is 64.7 Å². The lowest BCUT2D eigenvalue weighted by atomic mass is 9.77. The molecule has 2 nitrogen and oxygen atoms in total. The highest BCUT2D eigenvalue weighted by Gasteiger charge is 2.22. The second kappa shape index (κ2) is 13.5. The van der Waals surface area contributed by atoms with Crippen molar-refractivity contribution in [3.05, 3.63) is 90.0 Å². The molecule has 1 N–H and O–H groups in total. The van der Waals surface area contributed by atoms with Gasteiger partial charge >= 0.3 is 0 Å². The van der Waals surface area contributed by atoms with Crippen LogP contribution < -0.4 is 10.1 Å². The van der Waals surface area contributed by atoms with Crippen LogP contribution in [0, 0.1) is 5.92 Å². The molecule has 36 heavy (non-hydrogen) atoms. The van der Waals surface area contributed by atoms with Crippen LogP contribution in [0.4, 0.5) is 0 Å². The van der Waals surface area contributed by atoms with E-state index in [4.69, 9.17) is 4.74 Å². The van der Waals surface area contributed by atoms with Gasteiger partial charge < -0.3 is 10.1 Å². The van der Waals surface area contributed by atoms with Crippen molar-refractivity contribution in [2.24, 2.45) is 5.92 Å². The third kappa shape index (κ3) is 6.89. The molecular weight excluding hydrogens is 438 g/mol. The van der Waals surface area contributed by atoms with E-state index in [0.29, 0.717) is 6.61 Å². The zero-order valence-electron chi connectivity index (χ0n) is 22.4. The van der Waals surface area contributed by atoms with Crippen LogP contribution in [0.3, 0.4) is 0 Å². The van der Waals surface area contributed by atoms with Gasteiger partial charge in [0.15, 0.2) is 0 Å². The van der Waals surface area contributed by atoms with Crippen LogP contribution >= 0.6 is 0 Å². The van der Waals surface area contributed by atoms with Crippen molar-refractivity contribution in [1.82, 2.24) is 5.32 Å². The number of hydrogen-bond donors (Lipinski definition) is 1.